The molecule has 0 aliphatic rings. The summed E-state index contributed by atoms with van der Waals surface area (Å²) in [5.74, 6) is -0.0544. The van der Waals surface area contributed by atoms with Crippen molar-refractivity contribution in [3.63, 3.8) is 0 Å². The Balaban J connectivity index is 1.70. The van der Waals surface area contributed by atoms with Gasteiger partial charge < -0.3 is 10.4 Å². The third-order valence-electron chi connectivity index (χ3n) is 4.09. The van der Waals surface area contributed by atoms with Gasteiger partial charge in [0.05, 0.1) is 11.4 Å². The van der Waals surface area contributed by atoms with E-state index in [2.05, 4.69) is 15.4 Å². The van der Waals surface area contributed by atoms with Crippen molar-refractivity contribution in [2.75, 3.05) is 5.32 Å². The SMILES string of the molecule is Cc1nn(-c2ccccc2)c(C)c1CCC(=O)Nc1ncccc1O. The predicted molar refractivity (Wildman–Crippen MR) is 95.9 cm³/mol. The van der Waals surface area contributed by atoms with Crippen LogP contribution in [0.25, 0.3) is 5.69 Å². The maximum Gasteiger partial charge on any atom is 0.225 e. The molecule has 2 heterocycles. The fourth-order valence-corrected chi connectivity index (χ4v) is 2.78. The highest BCUT2D eigenvalue weighted by Crippen LogP contribution is 2.21. The molecule has 0 radical (unpaired) electrons. The van der Waals surface area contributed by atoms with Gasteiger partial charge in [0.25, 0.3) is 0 Å². The fraction of sp³-hybridized carbons (Fsp3) is 0.211. The van der Waals surface area contributed by atoms with E-state index >= 15 is 0 Å². The van der Waals surface area contributed by atoms with Gasteiger partial charge in [-0.1, -0.05) is 18.2 Å². The summed E-state index contributed by atoms with van der Waals surface area (Å²) in [6, 6.07) is 13.0. The van der Waals surface area contributed by atoms with Crippen LogP contribution in [0.1, 0.15) is 23.4 Å². The van der Waals surface area contributed by atoms with E-state index in [4.69, 9.17) is 0 Å². The standard InChI is InChI=1S/C19H20N4O2/c1-13-16(14(2)23(22-13)15-7-4-3-5-8-15)10-11-18(25)21-19-17(24)9-6-12-20-19/h3-9,12,24H,10-11H2,1-2H3,(H,20,21,25). The van der Waals surface area contributed by atoms with Crippen molar-refractivity contribution in [1.82, 2.24) is 14.8 Å². The second kappa shape index (κ2) is 7.17. The van der Waals surface area contributed by atoms with Crippen LogP contribution in [-0.4, -0.2) is 25.8 Å². The lowest BCUT2D eigenvalue weighted by Gasteiger charge is -2.07. The molecular weight excluding hydrogens is 316 g/mol. The maximum absolute atomic E-state index is 12.1. The van der Waals surface area contributed by atoms with Gasteiger partial charge in [0.2, 0.25) is 5.91 Å². The van der Waals surface area contributed by atoms with Crippen LogP contribution in [-0.2, 0) is 11.2 Å². The van der Waals surface area contributed by atoms with Crippen LogP contribution in [0.5, 0.6) is 5.75 Å². The van der Waals surface area contributed by atoms with Gasteiger partial charge in [-0.3, -0.25) is 4.79 Å². The molecule has 0 bridgehead atoms. The monoisotopic (exact) mass is 336 g/mol. The first-order valence-electron chi connectivity index (χ1n) is 8.10. The maximum atomic E-state index is 12.1. The minimum Gasteiger partial charge on any atom is -0.504 e. The van der Waals surface area contributed by atoms with Gasteiger partial charge in [-0.25, -0.2) is 9.67 Å². The third kappa shape index (κ3) is 3.68. The number of carbonyl (C=O) groups excluding carboxylic acids is 1. The molecule has 3 aromatic rings. The minimum atomic E-state index is -0.194. The smallest absolute Gasteiger partial charge is 0.225 e. The summed E-state index contributed by atoms with van der Waals surface area (Å²) < 4.78 is 1.90. The summed E-state index contributed by atoms with van der Waals surface area (Å²) in [7, 11) is 0. The van der Waals surface area contributed by atoms with E-state index in [-0.39, 0.29) is 23.9 Å². The highest BCUT2D eigenvalue weighted by Gasteiger charge is 2.15. The molecule has 1 aromatic carbocycles. The quantitative estimate of drug-likeness (QED) is 0.750. The summed E-state index contributed by atoms with van der Waals surface area (Å²) in [5, 5.41) is 16.9. The Morgan fingerprint density at radius 3 is 2.64 bits per heavy atom. The van der Waals surface area contributed by atoms with Crippen LogP contribution in [0.15, 0.2) is 48.7 Å². The van der Waals surface area contributed by atoms with Crippen molar-refractivity contribution in [2.24, 2.45) is 0 Å². The molecule has 2 aromatic heterocycles. The van der Waals surface area contributed by atoms with Crippen LogP contribution in [0.4, 0.5) is 5.82 Å². The molecule has 25 heavy (non-hydrogen) atoms. The molecule has 6 nitrogen and oxygen atoms in total. The second-order valence-electron chi connectivity index (χ2n) is 5.82. The molecule has 128 valence electrons. The molecule has 0 unspecified atom stereocenters. The Kier molecular flexibility index (Phi) is 4.79. The number of nitrogens with zero attached hydrogens (tertiary/aromatic N) is 3. The normalized spacial score (nSPS) is 10.6. The van der Waals surface area contributed by atoms with Crippen LogP contribution in [0.2, 0.25) is 0 Å². The van der Waals surface area contributed by atoms with E-state index < -0.39 is 0 Å². The van der Waals surface area contributed by atoms with Gasteiger partial charge in [-0.05, 0) is 50.1 Å². The number of pyridine rings is 1. The summed E-state index contributed by atoms with van der Waals surface area (Å²) in [5.41, 5.74) is 3.99. The molecule has 0 aliphatic heterocycles. The summed E-state index contributed by atoms with van der Waals surface area (Å²) in [6.45, 7) is 3.95. The van der Waals surface area contributed by atoms with Gasteiger partial charge in [-0.15, -0.1) is 0 Å². The van der Waals surface area contributed by atoms with Gasteiger partial charge in [0, 0.05) is 18.3 Å². The molecule has 0 fully saturated rings. The van der Waals surface area contributed by atoms with Crippen LogP contribution < -0.4 is 5.32 Å². The molecular formula is C19H20N4O2. The van der Waals surface area contributed by atoms with Gasteiger partial charge in [0.15, 0.2) is 11.6 Å². The van der Waals surface area contributed by atoms with E-state index in [1.165, 1.54) is 12.3 Å². The Labute approximate surface area is 146 Å². The molecule has 1 amide bonds. The first-order valence-corrected chi connectivity index (χ1v) is 8.10. The Bertz CT molecular complexity index is 888. The first-order chi connectivity index (χ1) is 12.1. The number of aromatic nitrogens is 3. The number of nitrogens with one attached hydrogen (secondary N) is 1. The van der Waals surface area contributed by atoms with E-state index in [1.807, 2.05) is 48.9 Å². The zero-order chi connectivity index (χ0) is 17.8. The zero-order valence-corrected chi connectivity index (χ0v) is 14.2. The van der Waals surface area contributed by atoms with E-state index in [1.54, 1.807) is 6.07 Å². The minimum absolute atomic E-state index is 0.0416. The first kappa shape index (κ1) is 16.7. The molecule has 2 N–H and O–H groups in total. The van der Waals surface area contributed by atoms with Crippen molar-refractivity contribution in [3.8, 4) is 11.4 Å². The topological polar surface area (TPSA) is 80.0 Å². The number of amides is 1. The zero-order valence-electron chi connectivity index (χ0n) is 14.2. The Morgan fingerprint density at radius 1 is 1.16 bits per heavy atom. The molecule has 0 aliphatic carbocycles. The Morgan fingerprint density at radius 2 is 1.92 bits per heavy atom. The van der Waals surface area contributed by atoms with Crippen molar-refractivity contribution in [1.29, 1.82) is 0 Å². The van der Waals surface area contributed by atoms with Gasteiger partial charge >= 0.3 is 0 Å². The molecule has 0 saturated heterocycles. The molecule has 0 saturated carbocycles. The van der Waals surface area contributed by atoms with Crippen molar-refractivity contribution < 1.29 is 9.90 Å². The summed E-state index contributed by atoms with van der Waals surface area (Å²) in [6.07, 6.45) is 2.38. The lowest BCUT2D eigenvalue weighted by atomic mass is 10.1. The van der Waals surface area contributed by atoms with Crippen molar-refractivity contribution in [2.45, 2.75) is 26.7 Å². The fourth-order valence-electron chi connectivity index (χ4n) is 2.78. The largest absolute Gasteiger partial charge is 0.504 e. The van der Waals surface area contributed by atoms with Crippen molar-refractivity contribution >= 4 is 11.7 Å². The number of hydrogen-bond donors (Lipinski definition) is 2. The highest BCUT2D eigenvalue weighted by atomic mass is 16.3. The lowest BCUT2D eigenvalue weighted by molar-refractivity contribution is -0.116. The number of carbonyl (C=O) groups is 1. The van der Waals surface area contributed by atoms with E-state index in [0.717, 1.165) is 22.6 Å². The lowest BCUT2D eigenvalue weighted by Crippen LogP contribution is -2.13. The third-order valence-corrected chi connectivity index (χ3v) is 4.09. The Hall–Kier alpha value is -3.15. The van der Waals surface area contributed by atoms with Crippen LogP contribution in [0, 0.1) is 13.8 Å². The molecule has 3 rings (SSSR count). The van der Waals surface area contributed by atoms with Crippen molar-refractivity contribution in [3.05, 3.63) is 65.6 Å². The van der Waals surface area contributed by atoms with E-state index in [0.29, 0.717) is 6.42 Å². The summed E-state index contributed by atoms with van der Waals surface area (Å²) in [4.78, 5) is 16.1. The predicted octanol–water partition coefficient (Wildman–Crippen LogP) is 3.16. The number of benzene rings is 1. The van der Waals surface area contributed by atoms with Crippen LogP contribution in [0.3, 0.4) is 0 Å². The molecule has 0 spiro atoms. The van der Waals surface area contributed by atoms with Gasteiger partial charge in [-0.2, -0.15) is 5.10 Å². The second-order valence-corrected chi connectivity index (χ2v) is 5.82. The van der Waals surface area contributed by atoms with E-state index in [9.17, 15) is 9.90 Å². The number of para-hydroxylation sites is 1. The van der Waals surface area contributed by atoms with Crippen LogP contribution >= 0.6 is 0 Å². The summed E-state index contributed by atoms with van der Waals surface area (Å²) >= 11 is 0. The number of anilines is 1. The number of rotatable bonds is 5. The average molecular weight is 336 g/mol. The average Bonchev–Trinajstić information content (AvgIpc) is 2.90. The van der Waals surface area contributed by atoms with Gasteiger partial charge in [0.1, 0.15) is 0 Å². The highest BCUT2D eigenvalue weighted by molar-refractivity contribution is 5.91. The number of aromatic hydroxyl groups is 1. The number of aryl methyl sites for hydroxylation is 1. The number of hydrogen-bond acceptors (Lipinski definition) is 4. The molecule has 0 atom stereocenters. The molecule has 6 heteroatoms.